The number of hydrogen-bond donors (Lipinski definition) is 1. The Balaban J connectivity index is 2.67. The lowest BCUT2D eigenvalue weighted by molar-refractivity contribution is 0.528. The average Bonchev–Trinajstić information content (AvgIpc) is 2.33. The second kappa shape index (κ2) is 7.31. The Morgan fingerprint density at radius 2 is 1.79 bits per heavy atom. The molecule has 2 N–H and O–H groups in total. The van der Waals surface area contributed by atoms with Gasteiger partial charge in [0, 0.05) is 23.3 Å². The van der Waals surface area contributed by atoms with E-state index in [1.807, 2.05) is 30.3 Å². The molecule has 0 heterocycles. The van der Waals surface area contributed by atoms with Crippen LogP contribution in [0.2, 0.25) is 0 Å². The molecule has 1 aromatic rings. The summed E-state index contributed by atoms with van der Waals surface area (Å²) in [5.74, 6) is 1.21. The van der Waals surface area contributed by atoms with Gasteiger partial charge in [0.1, 0.15) is 9.84 Å². The van der Waals surface area contributed by atoms with Crippen molar-refractivity contribution in [1.82, 2.24) is 0 Å². The second-order valence-corrected chi connectivity index (χ2v) is 8.69. The van der Waals surface area contributed by atoms with E-state index in [1.165, 1.54) is 6.26 Å². The van der Waals surface area contributed by atoms with Crippen molar-refractivity contribution in [2.75, 3.05) is 17.8 Å². The van der Waals surface area contributed by atoms with Crippen LogP contribution in [-0.4, -0.2) is 31.4 Å². The van der Waals surface area contributed by atoms with Gasteiger partial charge in [-0.3, -0.25) is 0 Å². The van der Waals surface area contributed by atoms with Gasteiger partial charge in [-0.05, 0) is 11.5 Å². The summed E-state index contributed by atoms with van der Waals surface area (Å²) < 4.78 is 22.4. The van der Waals surface area contributed by atoms with Gasteiger partial charge in [-0.25, -0.2) is 8.42 Å². The van der Waals surface area contributed by atoms with Crippen molar-refractivity contribution in [2.45, 2.75) is 25.1 Å². The summed E-state index contributed by atoms with van der Waals surface area (Å²) in [5, 5.41) is 0.226. The average molecular weight is 301 g/mol. The Kier molecular flexibility index (Phi) is 6.36. The van der Waals surface area contributed by atoms with Gasteiger partial charge in [0.05, 0.1) is 5.75 Å². The number of thioether (sulfide) groups is 1. The van der Waals surface area contributed by atoms with Crippen molar-refractivity contribution >= 4 is 21.6 Å². The van der Waals surface area contributed by atoms with Crippen molar-refractivity contribution in [3.05, 3.63) is 35.9 Å². The van der Waals surface area contributed by atoms with E-state index in [4.69, 9.17) is 5.73 Å². The zero-order valence-electron chi connectivity index (χ0n) is 11.7. The number of sulfone groups is 1. The van der Waals surface area contributed by atoms with Crippen LogP contribution in [0.5, 0.6) is 0 Å². The molecular formula is C14H23NO2S2. The maximum Gasteiger partial charge on any atom is 0.148 e. The molecule has 2 unspecified atom stereocenters. The van der Waals surface area contributed by atoms with E-state index in [9.17, 15) is 8.42 Å². The highest BCUT2D eigenvalue weighted by Crippen LogP contribution is 2.30. The third-order valence-corrected chi connectivity index (χ3v) is 5.83. The molecule has 2 atom stereocenters. The van der Waals surface area contributed by atoms with Crippen molar-refractivity contribution in [3.63, 3.8) is 0 Å². The molecule has 0 saturated carbocycles. The quantitative estimate of drug-likeness (QED) is 0.840. The number of nitrogens with two attached hydrogens (primary N) is 1. The molecule has 19 heavy (non-hydrogen) atoms. The first-order chi connectivity index (χ1) is 8.81. The van der Waals surface area contributed by atoms with Crippen LogP contribution in [0, 0.1) is 5.92 Å². The lowest BCUT2D eigenvalue weighted by Gasteiger charge is -2.27. The molecule has 3 nitrogen and oxygen atoms in total. The topological polar surface area (TPSA) is 60.2 Å². The van der Waals surface area contributed by atoms with Crippen LogP contribution < -0.4 is 5.73 Å². The van der Waals surface area contributed by atoms with Crippen LogP contribution in [0.25, 0.3) is 0 Å². The summed E-state index contributed by atoms with van der Waals surface area (Å²) in [7, 11) is -2.90. The molecule has 1 rings (SSSR count). The van der Waals surface area contributed by atoms with Gasteiger partial charge in [-0.2, -0.15) is 11.8 Å². The summed E-state index contributed by atoms with van der Waals surface area (Å²) in [6.45, 7) is 4.25. The maximum atomic E-state index is 11.2. The Morgan fingerprint density at radius 1 is 1.21 bits per heavy atom. The monoisotopic (exact) mass is 301 g/mol. The van der Waals surface area contributed by atoms with E-state index in [0.29, 0.717) is 11.7 Å². The lowest BCUT2D eigenvalue weighted by atomic mass is 9.97. The molecule has 0 aliphatic carbocycles. The summed E-state index contributed by atoms with van der Waals surface area (Å²) >= 11 is 1.66. The SMILES string of the molecule is CC(C)C(SCCS(C)(=O)=O)C(N)c1ccccc1. The van der Waals surface area contributed by atoms with Crippen molar-refractivity contribution in [2.24, 2.45) is 11.7 Å². The Labute approximate surface area is 120 Å². The molecule has 0 radical (unpaired) electrons. The highest BCUT2D eigenvalue weighted by Gasteiger charge is 2.23. The third kappa shape index (κ3) is 5.97. The van der Waals surface area contributed by atoms with Gasteiger partial charge < -0.3 is 5.73 Å². The van der Waals surface area contributed by atoms with Crippen LogP contribution in [0.15, 0.2) is 30.3 Å². The van der Waals surface area contributed by atoms with Gasteiger partial charge in [0.15, 0.2) is 0 Å². The zero-order chi connectivity index (χ0) is 14.5. The molecule has 0 aromatic heterocycles. The van der Waals surface area contributed by atoms with Crippen molar-refractivity contribution in [3.8, 4) is 0 Å². The number of hydrogen-bond acceptors (Lipinski definition) is 4. The normalized spacial score (nSPS) is 15.4. The van der Waals surface area contributed by atoms with Crippen molar-refractivity contribution in [1.29, 1.82) is 0 Å². The molecule has 0 spiro atoms. The predicted molar refractivity (Wildman–Crippen MR) is 84.2 cm³/mol. The van der Waals surface area contributed by atoms with Crippen LogP contribution in [0.3, 0.4) is 0 Å². The molecule has 5 heteroatoms. The van der Waals surface area contributed by atoms with Crippen LogP contribution >= 0.6 is 11.8 Å². The fourth-order valence-corrected chi connectivity index (χ4v) is 4.53. The minimum Gasteiger partial charge on any atom is -0.323 e. The summed E-state index contributed by atoms with van der Waals surface area (Å²) in [6.07, 6.45) is 1.27. The lowest BCUT2D eigenvalue weighted by Crippen LogP contribution is -2.29. The highest BCUT2D eigenvalue weighted by atomic mass is 32.2. The molecule has 0 saturated heterocycles. The number of rotatable bonds is 7. The smallest absolute Gasteiger partial charge is 0.148 e. The molecule has 0 bridgehead atoms. The van der Waals surface area contributed by atoms with Gasteiger partial charge in [-0.15, -0.1) is 0 Å². The van der Waals surface area contributed by atoms with E-state index in [-0.39, 0.29) is 17.0 Å². The molecule has 1 aromatic carbocycles. The minimum absolute atomic E-state index is 0.0641. The minimum atomic E-state index is -2.90. The molecule has 0 amide bonds. The van der Waals surface area contributed by atoms with Gasteiger partial charge in [0.25, 0.3) is 0 Å². The Bertz CT molecular complexity index is 471. The van der Waals surface area contributed by atoms with Gasteiger partial charge in [-0.1, -0.05) is 44.2 Å². The molecule has 0 aliphatic rings. The molecule has 0 aliphatic heterocycles. The summed E-state index contributed by atoms with van der Waals surface area (Å²) in [5.41, 5.74) is 7.42. The van der Waals surface area contributed by atoms with E-state index >= 15 is 0 Å². The second-order valence-electron chi connectivity index (χ2n) is 5.15. The van der Waals surface area contributed by atoms with Gasteiger partial charge >= 0.3 is 0 Å². The number of benzene rings is 1. The van der Waals surface area contributed by atoms with Crippen LogP contribution in [0.4, 0.5) is 0 Å². The van der Waals surface area contributed by atoms with E-state index in [2.05, 4.69) is 13.8 Å². The molecular weight excluding hydrogens is 278 g/mol. The van der Waals surface area contributed by atoms with Crippen molar-refractivity contribution < 1.29 is 8.42 Å². The third-order valence-electron chi connectivity index (χ3n) is 2.96. The van der Waals surface area contributed by atoms with Gasteiger partial charge in [0.2, 0.25) is 0 Å². The first kappa shape index (κ1) is 16.5. The van der Waals surface area contributed by atoms with E-state index < -0.39 is 9.84 Å². The van der Waals surface area contributed by atoms with E-state index in [0.717, 1.165) is 5.56 Å². The summed E-state index contributed by atoms with van der Waals surface area (Å²) in [4.78, 5) is 0. The fourth-order valence-electron chi connectivity index (χ4n) is 1.91. The van der Waals surface area contributed by atoms with E-state index in [1.54, 1.807) is 11.8 Å². The first-order valence-corrected chi connectivity index (χ1v) is 9.52. The zero-order valence-corrected chi connectivity index (χ0v) is 13.4. The fraction of sp³-hybridized carbons (Fsp3) is 0.571. The molecule has 108 valence electrons. The van der Waals surface area contributed by atoms with Crippen LogP contribution in [-0.2, 0) is 9.84 Å². The Morgan fingerprint density at radius 3 is 2.26 bits per heavy atom. The molecule has 0 fully saturated rings. The highest BCUT2D eigenvalue weighted by molar-refractivity contribution is 8.01. The largest absolute Gasteiger partial charge is 0.323 e. The maximum absolute atomic E-state index is 11.2. The summed E-state index contributed by atoms with van der Waals surface area (Å²) in [6, 6.07) is 9.92. The first-order valence-electron chi connectivity index (χ1n) is 6.41. The predicted octanol–water partition coefficient (Wildman–Crippen LogP) is 2.49. The van der Waals surface area contributed by atoms with Crippen LogP contribution in [0.1, 0.15) is 25.5 Å². The Hall–Kier alpha value is -0.520. The standard InChI is InChI=1S/C14H23NO2S2/c1-11(2)14(18-9-10-19(3,16)17)13(15)12-7-5-4-6-8-12/h4-8,11,13-14H,9-10,15H2,1-3H3.